The largest absolute Gasteiger partial charge is 0.415 e. The number of carbonyl (C=O) groups is 2. The second-order valence-electron chi connectivity index (χ2n) is 16.4. The molecule has 0 radical (unpaired) electrons. The molecule has 2 N–H and O–H groups in total. The molecule has 2 aromatic heterocycles. The third-order valence-electron chi connectivity index (χ3n) is 11.3. The molecule has 2 fully saturated rings. The molecule has 4 amide bonds. The molecule has 0 bridgehead atoms. The fourth-order valence-electron chi connectivity index (χ4n) is 7.46. The second-order valence-corrected chi connectivity index (χ2v) is 17.1. The number of nitrogens with one attached hydrogen (secondary N) is 2. The van der Waals surface area contributed by atoms with Crippen molar-refractivity contribution >= 4 is 51.8 Å². The van der Waals surface area contributed by atoms with Gasteiger partial charge in [-0.2, -0.15) is 17.6 Å². The van der Waals surface area contributed by atoms with Gasteiger partial charge < -0.3 is 24.4 Å². The van der Waals surface area contributed by atoms with Crippen molar-refractivity contribution in [2.45, 2.75) is 83.2 Å². The second kappa shape index (κ2) is 28.8. The molecule has 23 heteroatoms. The number of likely N-dealkylation sites (tertiary alicyclic amines) is 1. The fraction of sp³-hybridized carbons (Fsp3) is 0.388. The van der Waals surface area contributed by atoms with Crippen LogP contribution in [-0.2, 0) is 13.1 Å². The first-order valence-electron chi connectivity index (χ1n) is 22.9. The van der Waals surface area contributed by atoms with Crippen molar-refractivity contribution in [3.63, 3.8) is 0 Å². The van der Waals surface area contributed by atoms with E-state index in [4.69, 9.17) is 8.83 Å². The Morgan fingerprint density at radius 3 is 1.43 bits per heavy atom. The first-order chi connectivity index (χ1) is 34.3. The Morgan fingerprint density at radius 2 is 1.06 bits per heavy atom. The molecule has 3 heterocycles. The molecule has 388 valence electrons. The van der Waals surface area contributed by atoms with Gasteiger partial charge in [-0.05, 0) is 74.2 Å². The summed E-state index contributed by atoms with van der Waals surface area (Å²) in [7, 11) is 0. The zero-order valence-electron chi connectivity index (χ0n) is 38.7. The summed E-state index contributed by atoms with van der Waals surface area (Å²) in [6, 6.07) is 24.9. The summed E-state index contributed by atoms with van der Waals surface area (Å²) >= 11 is 3.24. The van der Waals surface area contributed by atoms with Crippen molar-refractivity contribution in [3.8, 4) is 22.9 Å². The Morgan fingerprint density at radius 1 is 0.625 bits per heavy atom. The number of aromatic nitrogens is 4. The third-order valence-corrected chi connectivity index (χ3v) is 11.7. The molecule has 1 saturated carbocycles. The van der Waals surface area contributed by atoms with E-state index in [1.165, 1.54) is 40.5 Å². The molecular formula is C49H53BrClF8N9O4. The van der Waals surface area contributed by atoms with E-state index in [1.54, 1.807) is 48.5 Å². The lowest BCUT2D eigenvalue weighted by molar-refractivity contribution is 0.115. The summed E-state index contributed by atoms with van der Waals surface area (Å²) in [5.41, 5.74) is 1.94. The van der Waals surface area contributed by atoms with Crippen LogP contribution in [0.25, 0.3) is 22.9 Å². The number of amides is 4. The number of carbonyl (C=O) groups excluding carboxylic acids is 2. The summed E-state index contributed by atoms with van der Waals surface area (Å²) in [6.45, 7) is 2.57. The van der Waals surface area contributed by atoms with E-state index in [1.807, 2.05) is 12.1 Å². The first-order valence-corrected chi connectivity index (χ1v) is 24.0. The van der Waals surface area contributed by atoms with E-state index < -0.39 is 54.6 Å². The summed E-state index contributed by atoms with van der Waals surface area (Å²) in [6.07, 6.45) is -0.955. The number of hydrogen-bond acceptors (Lipinski definition) is 9. The standard InChI is InChI=1S/C24H25F4N5O2.C19H16BrF3N4O2.C6H11F.ClH/c25-18-8-11-32(12-9-18)13-10-29-24(34)33(19-4-2-1-3-5-19)15-17-7-6-16(14-20(17)26)22-30-31-23(35-22)21(27)28;20-8-9-24-19(28)27(14-4-2-1-3-5-14)11-13-7-6-12(10-15(13)21)17-25-26-18(29-17)16(22)23;7-6-4-2-1-3-5-6;/h1-7,14,18,21H,8-13,15H2,(H,29,34);1-7,10,16H,8-9,11H2,(H,24,28);6H,1-5H2;1H. The van der Waals surface area contributed by atoms with Crippen molar-refractivity contribution < 1.29 is 53.5 Å². The highest BCUT2D eigenvalue weighted by Gasteiger charge is 2.24. The normalized spacial score (nSPS) is 14.1. The molecule has 1 aliphatic carbocycles. The van der Waals surface area contributed by atoms with Gasteiger partial charge in [-0.25, -0.2) is 27.2 Å². The smallest absolute Gasteiger partial charge is 0.322 e. The zero-order valence-corrected chi connectivity index (χ0v) is 41.1. The minimum absolute atomic E-state index is 0. The molecule has 0 spiro atoms. The van der Waals surface area contributed by atoms with Crippen LogP contribution < -0.4 is 20.4 Å². The van der Waals surface area contributed by atoms with Crippen LogP contribution in [0.2, 0.25) is 0 Å². The van der Waals surface area contributed by atoms with Gasteiger partial charge in [-0.3, -0.25) is 9.80 Å². The number of alkyl halides is 7. The molecular weight excluding hydrogens is 1050 g/mol. The van der Waals surface area contributed by atoms with Gasteiger partial charge in [0.25, 0.3) is 11.8 Å². The minimum atomic E-state index is -2.92. The Kier molecular flexibility index (Phi) is 22.7. The molecule has 6 aromatic rings. The van der Waals surface area contributed by atoms with E-state index in [-0.39, 0.29) is 65.6 Å². The Balaban J connectivity index is 0.000000235. The molecule has 13 nitrogen and oxygen atoms in total. The topological polar surface area (TPSA) is 146 Å². The number of para-hydroxylation sites is 2. The van der Waals surface area contributed by atoms with Crippen LogP contribution in [-0.4, -0.2) is 87.8 Å². The molecule has 8 rings (SSSR count). The van der Waals surface area contributed by atoms with Gasteiger partial charge in [0, 0.05) is 71.7 Å². The van der Waals surface area contributed by atoms with Crippen LogP contribution in [0.5, 0.6) is 0 Å². The van der Waals surface area contributed by atoms with Gasteiger partial charge >= 0.3 is 24.9 Å². The number of halogens is 10. The molecule has 72 heavy (non-hydrogen) atoms. The van der Waals surface area contributed by atoms with Crippen LogP contribution in [0, 0.1) is 11.6 Å². The monoisotopic (exact) mass is 1100 g/mol. The number of urea groups is 2. The number of rotatable bonds is 15. The van der Waals surface area contributed by atoms with Gasteiger partial charge in [0.15, 0.2) is 0 Å². The van der Waals surface area contributed by atoms with Crippen molar-refractivity contribution in [3.05, 3.63) is 132 Å². The molecule has 1 saturated heterocycles. The van der Waals surface area contributed by atoms with E-state index >= 15 is 0 Å². The average molecular weight is 1100 g/mol. The highest BCUT2D eigenvalue weighted by molar-refractivity contribution is 9.09. The summed E-state index contributed by atoms with van der Waals surface area (Å²) in [5.74, 6) is -3.38. The van der Waals surface area contributed by atoms with Crippen LogP contribution in [0.4, 0.5) is 56.1 Å². The SMILES string of the molecule is Cl.FC1CCCCC1.O=C(NCCBr)N(Cc1ccc(-c2nnc(C(F)F)o2)cc1F)c1ccccc1.O=C(NCCN1CCC(F)CC1)N(Cc1ccc(-c2nnc(C(F)F)o2)cc1F)c1ccccc1. The number of benzene rings is 4. The fourth-order valence-corrected chi connectivity index (χ4v) is 7.66. The van der Waals surface area contributed by atoms with E-state index in [0.717, 1.165) is 37.8 Å². The average Bonchev–Trinajstić information content (AvgIpc) is 4.09. The van der Waals surface area contributed by atoms with Gasteiger partial charge in [-0.15, -0.1) is 32.8 Å². The van der Waals surface area contributed by atoms with Gasteiger partial charge in [0.1, 0.15) is 24.0 Å². The van der Waals surface area contributed by atoms with Crippen LogP contribution in [0.3, 0.4) is 0 Å². The number of nitrogens with zero attached hydrogens (tertiary/aromatic N) is 7. The maximum Gasteiger partial charge on any atom is 0.322 e. The summed E-state index contributed by atoms with van der Waals surface area (Å²) in [4.78, 5) is 30.5. The number of piperidine rings is 1. The lowest BCUT2D eigenvalue weighted by Crippen LogP contribution is -2.44. The van der Waals surface area contributed by atoms with Crippen LogP contribution in [0.1, 0.15) is 80.7 Å². The number of anilines is 2. The third kappa shape index (κ3) is 17.0. The van der Waals surface area contributed by atoms with E-state index in [9.17, 15) is 44.7 Å². The summed E-state index contributed by atoms with van der Waals surface area (Å²) < 4.78 is 115. The molecule has 0 atom stereocenters. The van der Waals surface area contributed by atoms with E-state index in [2.05, 4.69) is 51.9 Å². The summed E-state index contributed by atoms with van der Waals surface area (Å²) in [5, 5.41) is 19.7. The van der Waals surface area contributed by atoms with Crippen LogP contribution >= 0.6 is 28.3 Å². The molecule has 1 aliphatic heterocycles. The number of hydrogen-bond donors (Lipinski definition) is 2. The van der Waals surface area contributed by atoms with Crippen molar-refractivity contribution in [2.75, 3.05) is 47.9 Å². The Labute approximate surface area is 425 Å². The Hall–Kier alpha value is -6.13. The highest BCUT2D eigenvalue weighted by Crippen LogP contribution is 2.29. The first kappa shape index (κ1) is 56.8. The van der Waals surface area contributed by atoms with Crippen molar-refractivity contribution in [1.29, 1.82) is 0 Å². The van der Waals surface area contributed by atoms with Gasteiger partial charge in [0.05, 0.1) is 13.1 Å². The maximum atomic E-state index is 14.9. The van der Waals surface area contributed by atoms with E-state index in [0.29, 0.717) is 62.3 Å². The lowest BCUT2D eigenvalue weighted by atomic mass is 9.99. The highest BCUT2D eigenvalue weighted by atomic mass is 79.9. The predicted octanol–water partition coefficient (Wildman–Crippen LogP) is 12.6. The molecule has 2 aliphatic rings. The van der Waals surface area contributed by atoms with Gasteiger partial charge in [-0.1, -0.05) is 83.7 Å². The predicted molar refractivity (Wildman–Crippen MR) is 261 cm³/mol. The molecule has 0 unspecified atom stereocenters. The lowest BCUT2D eigenvalue weighted by Gasteiger charge is -2.29. The van der Waals surface area contributed by atoms with Crippen LogP contribution in [0.15, 0.2) is 106 Å². The zero-order chi connectivity index (χ0) is 50.7. The van der Waals surface area contributed by atoms with Crippen molar-refractivity contribution in [2.24, 2.45) is 0 Å². The molecule has 4 aromatic carbocycles. The quantitative estimate of drug-likeness (QED) is 0.0758. The van der Waals surface area contributed by atoms with Crippen molar-refractivity contribution in [1.82, 2.24) is 35.9 Å². The minimum Gasteiger partial charge on any atom is -0.415 e. The Bertz CT molecular complexity index is 2570. The van der Waals surface area contributed by atoms with Gasteiger partial charge in [0.2, 0.25) is 11.8 Å². The maximum absolute atomic E-state index is 14.9.